The second-order valence-corrected chi connectivity index (χ2v) is 4.85. The van der Waals surface area contributed by atoms with E-state index in [-0.39, 0.29) is 17.3 Å². The Balaban J connectivity index is 2.42. The molecular formula is C12H13N3O4S. The molecule has 20 heavy (non-hydrogen) atoms. The van der Waals surface area contributed by atoms with Crippen molar-refractivity contribution in [3.05, 3.63) is 18.2 Å². The number of carboxylic acid groups (broad SMARTS) is 1. The Bertz CT molecular complexity index is 642. The first kappa shape index (κ1) is 14.2. The Morgan fingerprint density at radius 2 is 2.10 bits per heavy atom. The summed E-state index contributed by atoms with van der Waals surface area (Å²) in [4.78, 5) is 10.6. The van der Waals surface area contributed by atoms with Gasteiger partial charge in [-0.25, -0.2) is 0 Å². The number of carbonyl (C=O) groups is 1. The second kappa shape index (κ2) is 5.83. The number of phenolic OH excluding ortho intramolecular Hbond substituents is 2. The molecule has 0 aliphatic heterocycles. The fourth-order valence-electron chi connectivity index (χ4n) is 1.72. The number of aromatic hydroxyl groups is 2. The van der Waals surface area contributed by atoms with Crippen molar-refractivity contribution >= 4 is 17.7 Å². The Morgan fingerprint density at radius 3 is 2.75 bits per heavy atom. The molecule has 1 aromatic heterocycles. The molecule has 0 atom stereocenters. The van der Waals surface area contributed by atoms with Gasteiger partial charge in [0.2, 0.25) is 0 Å². The number of phenols is 2. The molecule has 0 radical (unpaired) electrons. The summed E-state index contributed by atoms with van der Waals surface area (Å²) in [5, 5.41) is 36.4. The molecule has 0 spiro atoms. The quantitative estimate of drug-likeness (QED) is 0.567. The van der Waals surface area contributed by atoms with Crippen LogP contribution < -0.4 is 0 Å². The first-order valence-electron chi connectivity index (χ1n) is 5.83. The van der Waals surface area contributed by atoms with Gasteiger partial charge in [-0.05, 0) is 19.1 Å². The Morgan fingerprint density at radius 1 is 1.35 bits per heavy atom. The SMILES string of the molecule is CCn1c(SCC(=O)O)nnc1-c1cccc(O)c1O. The lowest BCUT2D eigenvalue weighted by atomic mass is 10.1. The smallest absolute Gasteiger partial charge is 0.313 e. The number of aromatic nitrogens is 3. The van der Waals surface area contributed by atoms with Crippen LogP contribution in [0.5, 0.6) is 11.5 Å². The third kappa shape index (κ3) is 2.69. The molecule has 0 saturated heterocycles. The third-order valence-electron chi connectivity index (χ3n) is 2.61. The number of benzene rings is 1. The molecule has 0 aliphatic rings. The van der Waals surface area contributed by atoms with E-state index in [1.807, 2.05) is 6.92 Å². The van der Waals surface area contributed by atoms with Crippen LogP contribution in [0.15, 0.2) is 23.4 Å². The van der Waals surface area contributed by atoms with Crippen molar-refractivity contribution < 1.29 is 20.1 Å². The highest BCUT2D eigenvalue weighted by molar-refractivity contribution is 7.99. The summed E-state index contributed by atoms with van der Waals surface area (Å²) < 4.78 is 1.68. The minimum absolute atomic E-state index is 0.121. The second-order valence-electron chi connectivity index (χ2n) is 3.91. The lowest BCUT2D eigenvalue weighted by Gasteiger charge is -2.08. The van der Waals surface area contributed by atoms with Crippen LogP contribution in [0, 0.1) is 0 Å². The summed E-state index contributed by atoms with van der Waals surface area (Å²) in [6.45, 7) is 2.37. The summed E-state index contributed by atoms with van der Waals surface area (Å²) >= 11 is 1.05. The number of aliphatic carboxylic acids is 1. The number of carboxylic acids is 1. The van der Waals surface area contributed by atoms with Gasteiger partial charge in [-0.15, -0.1) is 10.2 Å². The molecule has 2 aromatic rings. The minimum Gasteiger partial charge on any atom is -0.504 e. The molecule has 1 heterocycles. The lowest BCUT2D eigenvalue weighted by molar-refractivity contribution is -0.133. The normalized spacial score (nSPS) is 10.7. The van der Waals surface area contributed by atoms with Gasteiger partial charge in [0, 0.05) is 6.54 Å². The molecule has 0 amide bonds. The molecule has 3 N–H and O–H groups in total. The number of thioether (sulfide) groups is 1. The van der Waals surface area contributed by atoms with Gasteiger partial charge in [0.25, 0.3) is 0 Å². The first-order chi connectivity index (χ1) is 9.54. The van der Waals surface area contributed by atoms with E-state index in [0.29, 0.717) is 23.1 Å². The first-order valence-corrected chi connectivity index (χ1v) is 6.82. The van der Waals surface area contributed by atoms with Gasteiger partial charge in [-0.2, -0.15) is 0 Å². The van der Waals surface area contributed by atoms with Gasteiger partial charge in [0.1, 0.15) is 0 Å². The highest BCUT2D eigenvalue weighted by Gasteiger charge is 2.18. The zero-order valence-electron chi connectivity index (χ0n) is 10.6. The van der Waals surface area contributed by atoms with Crippen LogP contribution in [0.4, 0.5) is 0 Å². The topological polar surface area (TPSA) is 108 Å². The highest BCUT2D eigenvalue weighted by Crippen LogP contribution is 2.36. The van der Waals surface area contributed by atoms with Crippen LogP contribution >= 0.6 is 11.8 Å². The number of hydrogen-bond donors (Lipinski definition) is 3. The van der Waals surface area contributed by atoms with Gasteiger partial charge in [-0.1, -0.05) is 17.8 Å². The van der Waals surface area contributed by atoms with Gasteiger partial charge in [-0.3, -0.25) is 4.79 Å². The van der Waals surface area contributed by atoms with Crippen LogP contribution in [-0.4, -0.2) is 41.8 Å². The van der Waals surface area contributed by atoms with E-state index in [4.69, 9.17) is 5.11 Å². The van der Waals surface area contributed by atoms with Gasteiger partial charge >= 0.3 is 5.97 Å². The molecule has 0 aliphatic carbocycles. The highest BCUT2D eigenvalue weighted by atomic mass is 32.2. The molecule has 7 nitrogen and oxygen atoms in total. The molecule has 0 unspecified atom stereocenters. The average Bonchev–Trinajstić information content (AvgIpc) is 2.82. The van der Waals surface area contributed by atoms with Gasteiger partial charge in [0.15, 0.2) is 22.5 Å². The summed E-state index contributed by atoms with van der Waals surface area (Å²) in [6, 6.07) is 4.56. The van der Waals surface area contributed by atoms with Gasteiger partial charge in [0.05, 0.1) is 11.3 Å². The number of nitrogens with zero attached hydrogens (tertiary/aromatic N) is 3. The van der Waals surface area contributed by atoms with Crippen molar-refractivity contribution in [1.29, 1.82) is 0 Å². The minimum atomic E-state index is -0.942. The van der Waals surface area contributed by atoms with E-state index in [9.17, 15) is 15.0 Å². The third-order valence-corrected chi connectivity index (χ3v) is 3.56. The van der Waals surface area contributed by atoms with Crippen LogP contribution in [0.1, 0.15) is 6.92 Å². The maximum atomic E-state index is 10.6. The van der Waals surface area contributed by atoms with E-state index in [1.54, 1.807) is 16.7 Å². The summed E-state index contributed by atoms with van der Waals surface area (Å²) in [7, 11) is 0. The van der Waals surface area contributed by atoms with E-state index in [2.05, 4.69) is 10.2 Å². The van der Waals surface area contributed by atoms with Crippen molar-refractivity contribution in [3.8, 4) is 22.9 Å². The molecule has 0 fully saturated rings. The average molecular weight is 295 g/mol. The number of hydrogen-bond acceptors (Lipinski definition) is 6. The zero-order chi connectivity index (χ0) is 14.7. The molecule has 0 bridgehead atoms. The molecule has 2 rings (SSSR count). The van der Waals surface area contributed by atoms with Gasteiger partial charge < -0.3 is 19.9 Å². The summed E-state index contributed by atoms with van der Waals surface area (Å²) in [6.07, 6.45) is 0. The largest absolute Gasteiger partial charge is 0.504 e. The standard InChI is InChI=1S/C12H13N3O4S/c1-2-15-11(7-4-3-5-8(16)10(7)19)13-14-12(15)20-6-9(17)18/h3-5,16,19H,2,6H2,1H3,(H,17,18). The molecule has 106 valence electrons. The molecular weight excluding hydrogens is 282 g/mol. The predicted octanol–water partition coefficient (Wildman–Crippen LogP) is 1.55. The van der Waals surface area contributed by atoms with Crippen LogP contribution in [0.3, 0.4) is 0 Å². The van der Waals surface area contributed by atoms with E-state index < -0.39 is 5.97 Å². The number of rotatable bonds is 5. The van der Waals surface area contributed by atoms with Crippen LogP contribution in [-0.2, 0) is 11.3 Å². The maximum Gasteiger partial charge on any atom is 0.313 e. The lowest BCUT2D eigenvalue weighted by Crippen LogP contribution is -2.03. The summed E-state index contributed by atoms with van der Waals surface area (Å²) in [5.74, 6) is -1.20. The van der Waals surface area contributed by atoms with Crippen LogP contribution in [0.2, 0.25) is 0 Å². The maximum absolute atomic E-state index is 10.6. The fourth-order valence-corrected chi connectivity index (χ4v) is 2.44. The van der Waals surface area contributed by atoms with Crippen molar-refractivity contribution in [3.63, 3.8) is 0 Å². The van der Waals surface area contributed by atoms with Crippen molar-refractivity contribution in [2.45, 2.75) is 18.6 Å². The monoisotopic (exact) mass is 295 g/mol. The van der Waals surface area contributed by atoms with Crippen LogP contribution in [0.25, 0.3) is 11.4 Å². The fraction of sp³-hybridized carbons (Fsp3) is 0.250. The zero-order valence-corrected chi connectivity index (χ0v) is 11.5. The van der Waals surface area contributed by atoms with E-state index in [0.717, 1.165) is 11.8 Å². The van der Waals surface area contributed by atoms with Crippen molar-refractivity contribution in [2.75, 3.05) is 5.75 Å². The Hall–Kier alpha value is -2.22. The van der Waals surface area contributed by atoms with E-state index in [1.165, 1.54) is 6.07 Å². The molecule has 0 saturated carbocycles. The molecule has 1 aromatic carbocycles. The Kier molecular flexibility index (Phi) is 4.14. The number of para-hydroxylation sites is 1. The van der Waals surface area contributed by atoms with E-state index >= 15 is 0 Å². The Labute approximate surface area is 118 Å². The predicted molar refractivity (Wildman–Crippen MR) is 72.8 cm³/mol. The van der Waals surface area contributed by atoms with Crippen molar-refractivity contribution in [2.24, 2.45) is 0 Å². The van der Waals surface area contributed by atoms with Crippen molar-refractivity contribution in [1.82, 2.24) is 14.8 Å². The summed E-state index contributed by atoms with van der Waals surface area (Å²) in [5.41, 5.74) is 0.349. The molecule has 8 heteroatoms.